The molecule has 0 bridgehead atoms. The molecule has 1 aliphatic carbocycles. The number of hydrogen-bond acceptors (Lipinski definition) is 3. The minimum Gasteiger partial charge on any atom is -0.292 e. The molecule has 1 aromatic heterocycles. The van der Waals surface area contributed by atoms with E-state index in [1.165, 1.54) is 4.57 Å². The third-order valence-corrected chi connectivity index (χ3v) is 7.72. The van der Waals surface area contributed by atoms with E-state index in [1.807, 2.05) is 0 Å². The van der Waals surface area contributed by atoms with E-state index in [-0.39, 0.29) is 32.9 Å². The second-order valence-corrected chi connectivity index (χ2v) is 9.42. The Kier molecular flexibility index (Phi) is 4.37. The molecule has 1 atom stereocenters. The SMILES string of the molecule is O=c1[nH]c(=O)n2c3c(cc(C(F)(F)F)cc13)SC(c1cc(Cl)c(F)cc1F)C1(CC1)C2. The lowest BCUT2D eigenvalue weighted by atomic mass is 9.94. The summed E-state index contributed by atoms with van der Waals surface area (Å²) in [5, 5.41) is -1.31. The Hall–Kier alpha value is -2.33. The fraction of sp³-hybridized carbons (Fsp3) is 0.300. The normalized spacial score (nSPS) is 19.6. The van der Waals surface area contributed by atoms with E-state index in [0.29, 0.717) is 25.0 Å². The predicted molar refractivity (Wildman–Crippen MR) is 105 cm³/mol. The second kappa shape index (κ2) is 6.59. The molecule has 11 heteroatoms. The Morgan fingerprint density at radius 3 is 2.45 bits per heavy atom. The van der Waals surface area contributed by atoms with E-state index in [1.54, 1.807) is 0 Å². The number of nitrogens with one attached hydrogen (secondary N) is 1. The van der Waals surface area contributed by atoms with Crippen molar-refractivity contribution in [2.75, 3.05) is 0 Å². The number of rotatable bonds is 1. The van der Waals surface area contributed by atoms with Crippen LogP contribution in [0.25, 0.3) is 10.9 Å². The van der Waals surface area contributed by atoms with Crippen LogP contribution < -0.4 is 11.2 Å². The molecule has 0 amide bonds. The molecule has 2 heterocycles. The van der Waals surface area contributed by atoms with E-state index >= 15 is 0 Å². The first-order valence-corrected chi connectivity index (χ1v) is 10.5. The molecular weight excluding hydrogens is 463 g/mol. The summed E-state index contributed by atoms with van der Waals surface area (Å²) >= 11 is 6.79. The molecule has 0 radical (unpaired) electrons. The topological polar surface area (TPSA) is 54.9 Å². The minimum absolute atomic E-state index is 0.0293. The van der Waals surface area contributed by atoms with Crippen LogP contribution in [0.1, 0.15) is 29.2 Å². The first kappa shape index (κ1) is 20.6. The molecule has 1 aliphatic heterocycles. The number of halogens is 6. The largest absolute Gasteiger partial charge is 0.416 e. The summed E-state index contributed by atoms with van der Waals surface area (Å²) in [7, 11) is 0. The molecule has 0 saturated heterocycles. The molecule has 5 rings (SSSR count). The van der Waals surface area contributed by atoms with Crippen molar-refractivity contribution < 1.29 is 22.0 Å². The van der Waals surface area contributed by atoms with Gasteiger partial charge in [-0.15, -0.1) is 11.8 Å². The molecule has 162 valence electrons. The summed E-state index contributed by atoms with van der Waals surface area (Å²) in [5.74, 6) is -1.82. The lowest BCUT2D eigenvalue weighted by molar-refractivity contribution is -0.137. The Morgan fingerprint density at radius 2 is 1.81 bits per heavy atom. The average molecular weight is 475 g/mol. The van der Waals surface area contributed by atoms with Crippen LogP contribution >= 0.6 is 23.4 Å². The highest BCUT2D eigenvalue weighted by molar-refractivity contribution is 7.99. The molecule has 4 nitrogen and oxygen atoms in total. The van der Waals surface area contributed by atoms with E-state index in [2.05, 4.69) is 4.98 Å². The van der Waals surface area contributed by atoms with Crippen molar-refractivity contribution in [1.29, 1.82) is 0 Å². The fourth-order valence-electron chi connectivity index (χ4n) is 4.16. The van der Waals surface area contributed by atoms with Gasteiger partial charge in [0.25, 0.3) is 5.56 Å². The van der Waals surface area contributed by atoms with Gasteiger partial charge >= 0.3 is 11.9 Å². The number of alkyl halides is 3. The number of nitrogens with zero attached hydrogens (tertiary/aromatic N) is 1. The van der Waals surface area contributed by atoms with Gasteiger partial charge in [-0.2, -0.15) is 13.2 Å². The third kappa shape index (κ3) is 3.18. The van der Waals surface area contributed by atoms with Crippen LogP contribution in [0.4, 0.5) is 22.0 Å². The highest BCUT2D eigenvalue weighted by atomic mass is 35.5. The maximum Gasteiger partial charge on any atom is 0.416 e. The molecule has 1 saturated carbocycles. The number of hydrogen-bond donors (Lipinski definition) is 1. The summed E-state index contributed by atoms with van der Waals surface area (Å²) in [6.07, 6.45) is -3.58. The van der Waals surface area contributed by atoms with Gasteiger partial charge in [-0.3, -0.25) is 14.3 Å². The zero-order chi connectivity index (χ0) is 22.3. The quantitative estimate of drug-likeness (QED) is 0.386. The number of H-pyrrole nitrogens is 1. The molecule has 2 aromatic carbocycles. The Morgan fingerprint density at radius 1 is 1.10 bits per heavy atom. The predicted octanol–water partition coefficient (Wildman–Crippen LogP) is 5.27. The first-order valence-electron chi connectivity index (χ1n) is 9.19. The van der Waals surface area contributed by atoms with Crippen LogP contribution in [0, 0.1) is 17.0 Å². The monoisotopic (exact) mass is 474 g/mol. The van der Waals surface area contributed by atoms with E-state index in [4.69, 9.17) is 11.6 Å². The minimum atomic E-state index is -4.73. The highest BCUT2D eigenvalue weighted by Gasteiger charge is 2.53. The van der Waals surface area contributed by atoms with Crippen molar-refractivity contribution in [2.24, 2.45) is 5.41 Å². The number of aromatic amines is 1. The fourth-order valence-corrected chi connectivity index (χ4v) is 5.98. The lowest BCUT2D eigenvalue weighted by Crippen LogP contribution is -2.33. The average Bonchev–Trinajstić information content (AvgIpc) is 3.47. The molecule has 1 fully saturated rings. The van der Waals surface area contributed by atoms with Crippen LogP contribution in [-0.4, -0.2) is 9.55 Å². The lowest BCUT2D eigenvalue weighted by Gasteiger charge is -2.25. The molecule has 1 N–H and O–H groups in total. The van der Waals surface area contributed by atoms with Gasteiger partial charge < -0.3 is 0 Å². The van der Waals surface area contributed by atoms with Crippen LogP contribution in [0.2, 0.25) is 5.02 Å². The van der Waals surface area contributed by atoms with Crippen LogP contribution in [-0.2, 0) is 12.7 Å². The molecule has 31 heavy (non-hydrogen) atoms. The second-order valence-electron chi connectivity index (χ2n) is 7.86. The van der Waals surface area contributed by atoms with Crippen molar-refractivity contribution in [1.82, 2.24) is 9.55 Å². The van der Waals surface area contributed by atoms with Crippen molar-refractivity contribution >= 4 is 34.3 Å². The Bertz CT molecular complexity index is 1380. The molecule has 3 aromatic rings. The van der Waals surface area contributed by atoms with Gasteiger partial charge in [0.1, 0.15) is 11.6 Å². The van der Waals surface area contributed by atoms with Gasteiger partial charge in [0, 0.05) is 33.7 Å². The summed E-state index contributed by atoms with van der Waals surface area (Å²) < 4.78 is 70.2. The van der Waals surface area contributed by atoms with Crippen molar-refractivity contribution in [3.63, 3.8) is 0 Å². The van der Waals surface area contributed by atoms with Crippen molar-refractivity contribution in [3.8, 4) is 0 Å². The standard InChI is InChI=1S/C20H12ClF5N2O2S/c21-11-5-9(12(22)6-13(11)23)16-19(1-2-19)7-28-15-10(17(29)27-18(28)30)3-8(20(24,25)26)4-14(15)31-16/h3-6,16H,1-2,7H2,(H,27,29,30). The zero-order valence-corrected chi connectivity index (χ0v) is 17.0. The number of thioether (sulfide) groups is 1. The van der Waals surface area contributed by atoms with Crippen LogP contribution in [0.15, 0.2) is 38.8 Å². The van der Waals surface area contributed by atoms with Gasteiger partial charge in [-0.25, -0.2) is 13.6 Å². The molecule has 1 unspecified atom stereocenters. The van der Waals surface area contributed by atoms with Gasteiger partial charge in [-0.1, -0.05) is 11.6 Å². The van der Waals surface area contributed by atoms with E-state index < -0.39 is 45.3 Å². The maximum absolute atomic E-state index is 14.7. The molecule has 2 aliphatic rings. The summed E-state index contributed by atoms with van der Waals surface area (Å²) in [4.78, 5) is 27.0. The van der Waals surface area contributed by atoms with Crippen LogP contribution in [0.3, 0.4) is 0 Å². The van der Waals surface area contributed by atoms with E-state index in [0.717, 1.165) is 23.9 Å². The summed E-state index contributed by atoms with van der Waals surface area (Å²) in [6.45, 7) is 0.0730. The highest BCUT2D eigenvalue weighted by Crippen LogP contribution is 2.65. The van der Waals surface area contributed by atoms with Crippen molar-refractivity contribution in [2.45, 2.75) is 35.7 Å². The summed E-state index contributed by atoms with van der Waals surface area (Å²) in [5.41, 5.74) is -3.26. The van der Waals surface area contributed by atoms with Gasteiger partial charge in [0.15, 0.2) is 0 Å². The van der Waals surface area contributed by atoms with Crippen LogP contribution in [0.5, 0.6) is 0 Å². The van der Waals surface area contributed by atoms with Gasteiger partial charge in [0.2, 0.25) is 0 Å². The zero-order valence-electron chi connectivity index (χ0n) is 15.4. The number of aromatic nitrogens is 2. The number of benzene rings is 2. The molecular formula is C20H12ClF5N2O2S. The maximum atomic E-state index is 14.7. The Labute approximate surface area is 180 Å². The van der Waals surface area contributed by atoms with Gasteiger partial charge in [-0.05, 0) is 31.0 Å². The van der Waals surface area contributed by atoms with Crippen molar-refractivity contribution in [3.05, 3.63) is 72.9 Å². The van der Waals surface area contributed by atoms with Gasteiger partial charge in [0.05, 0.1) is 21.5 Å². The van der Waals surface area contributed by atoms with E-state index in [9.17, 15) is 31.5 Å². The molecule has 1 spiro atoms. The Balaban J connectivity index is 1.81. The summed E-state index contributed by atoms with van der Waals surface area (Å²) in [6, 6.07) is 3.35. The first-order chi connectivity index (χ1) is 14.5. The third-order valence-electron chi connectivity index (χ3n) is 5.87. The smallest absolute Gasteiger partial charge is 0.292 e.